The lowest BCUT2D eigenvalue weighted by Gasteiger charge is -2.22. The molecule has 4 heteroatoms. The number of benzene rings is 1. The van der Waals surface area contributed by atoms with E-state index in [2.05, 4.69) is 40.6 Å². The SMILES string of the molecule is N#Cc1nnn(CCCc2ccccc2)c1C1CCCCC1. The first-order valence-electron chi connectivity index (χ1n) is 8.26. The molecule has 1 fully saturated rings. The maximum Gasteiger partial charge on any atom is 0.186 e. The summed E-state index contributed by atoms with van der Waals surface area (Å²) < 4.78 is 1.98. The van der Waals surface area contributed by atoms with Crippen LogP contribution >= 0.6 is 0 Å². The van der Waals surface area contributed by atoms with Gasteiger partial charge in [0.2, 0.25) is 0 Å². The first kappa shape index (κ1) is 14.8. The van der Waals surface area contributed by atoms with Gasteiger partial charge >= 0.3 is 0 Å². The Bertz CT molecular complexity index is 633. The summed E-state index contributed by atoms with van der Waals surface area (Å²) >= 11 is 0. The summed E-state index contributed by atoms with van der Waals surface area (Å²) in [6.07, 6.45) is 8.22. The Morgan fingerprint density at radius 2 is 1.91 bits per heavy atom. The van der Waals surface area contributed by atoms with Crippen LogP contribution in [0.3, 0.4) is 0 Å². The van der Waals surface area contributed by atoms with Crippen LogP contribution in [-0.4, -0.2) is 15.0 Å². The summed E-state index contributed by atoms with van der Waals surface area (Å²) in [6.45, 7) is 0.843. The fourth-order valence-electron chi connectivity index (χ4n) is 3.42. The molecule has 0 amide bonds. The van der Waals surface area contributed by atoms with E-state index in [0.29, 0.717) is 11.6 Å². The standard InChI is InChI=1S/C18H22N4/c19-14-17-18(16-11-5-2-6-12-16)22(21-20-17)13-7-10-15-8-3-1-4-9-15/h1,3-4,8-9,16H,2,5-7,10-13H2. The average Bonchev–Trinajstić information content (AvgIpc) is 2.99. The van der Waals surface area contributed by atoms with E-state index in [4.69, 9.17) is 0 Å². The van der Waals surface area contributed by atoms with Gasteiger partial charge in [0.1, 0.15) is 6.07 Å². The van der Waals surface area contributed by atoms with Crippen LogP contribution in [0.4, 0.5) is 0 Å². The van der Waals surface area contributed by atoms with E-state index in [1.54, 1.807) is 0 Å². The minimum Gasteiger partial charge on any atom is -0.248 e. The van der Waals surface area contributed by atoms with Crippen LogP contribution in [0.1, 0.15) is 61.4 Å². The molecular formula is C18H22N4. The third kappa shape index (κ3) is 3.36. The number of nitriles is 1. The van der Waals surface area contributed by atoms with Gasteiger partial charge in [0.15, 0.2) is 5.69 Å². The Morgan fingerprint density at radius 3 is 2.64 bits per heavy atom. The van der Waals surface area contributed by atoms with E-state index in [1.165, 1.54) is 37.7 Å². The molecule has 4 nitrogen and oxygen atoms in total. The zero-order valence-electron chi connectivity index (χ0n) is 12.9. The third-order valence-electron chi connectivity index (χ3n) is 4.55. The fourth-order valence-corrected chi connectivity index (χ4v) is 3.42. The van der Waals surface area contributed by atoms with Crippen LogP contribution in [0.15, 0.2) is 30.3 Å². The van der Waals surface area contributed by atoms with E-state index in [0.717, 1.165) is 25.1 Å². The van der Waals surface area contributed by atoms with Gasteiger partial charge in [-0.15, -0.1) is 5.10 Å². The Kier molecular flexibility index (Phi) is 4.85. The third-order valence-corrected chi connectivity index (χ3v) is 4.55. The molecule has 1 aromatic heterocycles. The number of hydrogen-bond acceptors (Lipinski definition) is 3. The lowest BCUT2D eigenvalue weighted by Crippen LogP contribution is -2.14. The molecule has 0 N–H and O–H groups in total. The summed E-state index contributed by atoms with van der Waals surface area (Å²) in [7, 11) is 0. The van der Waals surface area contributed by atoms with Crippen LogP contribution in [0.2, 0.25) is 0 Å². The zero-order valence-corrected chi connectivity index (χ0v) is 12.9. The minimum absolute atomic E-state index is 0.468. The highest BCUT2D eigenvalue weighted by molar-refractivity contribution is 5.28. The van der Waals surface area contributed by atoms with Crippen LogP contribution < -0.4 is 0 Å². The van der Waals surface area contributed by atoms with Crippen LogP contribution in [0, 0.1) is 11.3 Å². The topological polar surface area (TPSA) is 54.5 Å². The number of rotatable bonds is 5. The predicted octanol–water partition coefficient (Wildman–Crippen LogP) is 3.83. The van der Waals surface area contributed by atoms with Crippen molar-refractivity contribution >= 4 is 0 Å². The molecule has 0 unspecified atom stereocenters. The second-order valence-corrected chi connectivity index (χ2v) is 6.08. The van der Waals surface area contributed by atoms with Crippen LogP contribution in [-0.2, 0) is 13.0 Å². The van der Waals surface area contributed by atoms with Gasteiger partial charge in [-0.25, -0.2) is 4.68 Å². The van der Waals surface area contributed by atoms with Crippen molar-refractivity contribution in [2.75, 3.05) is 0 Å². The maximum absolute atomic E-state index is 9.30. The quantitative estimate of drug-likeness (QED) is 0.842. The van der Waals surface area contributed by atoms with Gasteiger partial charge in [-0.3, -0.25) is 0 Å². The molecule has 22 heavy (non-hydrogen) atoms. The van der Waals surface area contributed by atoms with E-state index < -0.39 is 0 Å². The van der Waals surface area contributed by atoms with Gasteiger partial charge < -0.3 is 0 Å². The highest BCUT2D eigenvalue weighted by atomic mass is 15.4. The van der Waals surface area contributed by atoms with Crippen molar-refractivity contribution in [3.63, 3.8) is 0 Å². The van der Waals surface area contributed by atoms with Crippen molar-refractivity contribution in [2.45, 2.75) is 57.4 Å². The van der Waals surface area contributed by atoms with Crippen LogP contribution in [0.5, 0.6) is 0 Å². The number of nitrogens with zero attached hydrogens (tertiary/aromatic N) is 4. The highest BCUT2D eigenvalue weighted by Gasteiger charge is 2.24. The molecule has 0 saturated heterocycles. The van der Waals surface area contributed by atoms with Crippen molar-refractivity contribution in [1.82, 2.24) is 15.0 Å². The second-order valence-electron chi connectivity index (χ2n) is 6.08. The van der Waals surface area contributed by atoms with Crippen LogP contribution in [0.25, 0.3) is 0 Å². The predicted molar refractivity (Wildman–Crippen MR) is 85.3 cm³/mol. The largest absolute Gasteiger partial charge is 0.248 e. The highest BCUT2D eigenvalue weighted by Crippen LogP contribution is 2.33. The normalized spacial score (nSPS) is 15.6. The Morgan fingerprint density at radius 1 is 1.14 bits per heavy atom. The average molecular weight is 294 g/mol. The van der Waals surface area contributed by atoms with Gasteiger partial charge in [-0.2, -0.15) is 5.26 Å². The Balaban J connectivity index is 1.68. The molecule has 0 bridgehead atoms. The molecule has 0 aliphatic heterocycles. The summed E-state index contributed by atoms with van der Waals surface area (Å²) in [4.78, 5) is 0. The number of aryl methyl sites for hydroxylation is 2. The van der Waals surface area contributed by atoms with Gasteiger partial charge in [0, 0.05) is 12.5 Å². The summed E-state index contributed by atoms with van der Waals surface area (Å²) in [5.41, 5.74) is 2.96. The van der Waals surface area contributed by atoms with Gasteiger partial charge in [-0.1, -0.05) is 54.8 Å². The molecule has 3 rings (SSSR count). The molecule has 2 aromatic rings. The summed E-state index contributed by atoms with van der Waals surface area (Å²) in [5.74, 6) is 0.468. The van der Waals surface area contributed by atoms with Crippen molar-refractivity contribution in [3.05, 3.63) is 47.3 Å². The van der Waals surface area contributed by atoms with E-state index in [-0.39, 0.29) is 0 Å². The Labute approximate surface area is 131 Å². The van der Waals surface area contributed by atoms with Gasteiger partial charge in [-0.05, 0) is 31.2 Å². The van der Waals surface area contributed by atoms with E-state index in [9.17, 15) is 5.26 Å². The molecule has 1 heterocycles. The summed E-state index contributed by atoms with van der Waals surface area (Å²) in [6, 6.07) is 12.7. The van der Waals surface area contributed by atoms with Gasteiger partial charge in [0.25, 0.3) is 0 Å². The molecule has 1 aliphatic carbocycles. The lowest BCUT2D eigenvalue weighted by molar-refractivity contribution is 0.410. The zero-order chi connectivity index (χ0) is 15.2. The Hall–Kier alpha value is -2.15. The minimum atomic E-state index is 0.468. The molecule has 114 valence electrons. The lowest BCUT2D eigenvalue weighted by atomic mass is 9.86. The number of hydrogen-bond donors (Lipinski definition) is 0. The van der Waals surface area contributed by atoms with Gasteiger partial charge in [0.05, 0.1) is 5.69 Å². The first-order valence-corrected chi connectivity index (χ1v) is 8.26. The molecule has 1 saturated carbocycles. The van der Waals surface area contributed by atoms with Crippen molar-refractivity contribution in [3.8, 4) is 6.07 Å². The molecular weight excluding hydrogens is 272 g/mol. The molecule has 0 atom stereocenters. The first-order chi connectivity index (χ1) is 10.9. The van der Waals surface area contributed by atoms with Crippen molar-refractivity contribution in [2.24, 2.45) is 0 Å². The van der Waals surface area contributed by atoms with Crippen molar-refractivity contribution in [1.29, 1.82) is 5.26 Å². The fraction of sp³-hybridized carbons (Fsp3) is 0.500. The molecule has 1 aromatic carbocycles. The maximum atomic E-state index is 9.30. The van der Waals surface area contributed by atoms with Crippen molar-refractivity contribution < 1.29 is 0 Å². The summed E-state index contributed by atoms with van der Waals surface area (Å²) in [5, 5.41) is 17.6. The molecule has 1 aliphatic rings. The second kappa shape index (κ2) is 7.22. The molecule has 0 radical (unpaired) electrons. The number of aromatic nitrogens is 3. The van der Waals surface area contributed by atoms with E-state index >= 15 is 0 Å². The smallest absolute Gasteiger partial charge is 0.186 e. The monoisotopic (exact) mass is 294 g/mol. The van der Waals surface area contributed by atoms with E-state index in [1.807, 2.05) is 10.7 Å². The molecule has 0 spiro atoms.